The number of halogens is 1. The average Bonchev–Trinajstić information content (AvgIpc) is 3.54. The van der Waals surface area contributed by atoms with Crippen molar-refractivity contribution in [3.63, 3.8) is 0 Å². The van der Waals surface area contributed by atoms with Crippen molar-refractivity contribution >= 4 is 22.3 Å². The van der Waals surface area contributed by atoms with Gasteiger partial charge in [0.05, 0.1) is 17.6 Å². The van der Waals surface area contributed by atoms with E-state index in [4.69, 9.17) is 11.7 Å². The molecule has 2 aromatic rings. The van der Waals surface area contributed by atoms with Crippen molar-refractivity contribution in [3.05, 3.63) is 53.8 Å². The number of aromatic nitrogens is 2. The minimum absolute atomic E-state index is 0. The molecule has 0 amide bonds. The van der Waals surface area contributed by atoms with E-state index in [0.29, 0.717) is 34.6 Å². The zero-order valence-electron chi connectivity index (χ0n) is 18.3. The molecule has 2 heterocycles. The average molecular weight is 686 g/mol. The summed E-state index contributed by atoms with van der Waals surface area (Å²) in [4.78, 5) is 0. The van der Waals surface area contributed by atoms with E-state index in [2.05, 4.69) is 20.8 Å². The Kier molecular flexibility index (Phi) is 11.8. The molecule has 6 nitrogen and oxygen atoms in total. The van der Waals surface area contributed by atoms with Crippen LogP contribution in [0.5, 0.6) is 0 Å². The summed E-state index contributed by atoms with van der Waals surface area (Å²) in [5.41, 5.74) is 1.79. The maximum atomic E-state index is 14.1. The Morgan fingerprint density at radius 3 is 2.31 bits per heavy atom. The van der Waals surface area contributed by atoms with E-state index in [0.717, 1.165) is 18.4 Å². The molecule has 1 aliphatic heterocycles. The number of H-pyrrole nitrogens is 1. The summed E-state index contributed by atoms with van der Waals surface area (Å²) in [6, 6.07) is 5.62. The quantitative estimate of drug-likeness (QED) is 0.258. The maximum Gasteiger partial charge on any atom is 0.151 e. The van der Waals surface area contributed by atoms with Crippen molar-refractivity contribution in [1.82, 2.24) is 15.5 Å². The number of hydrogen-bond acceptors (Lipinski definition) is 5. The van der Waals surface area contributed by atoms with E-state index < -0.39 is 10.8 Å². The molecule has 174 valence electrons. The molecule has 0 radical (unpaired) electrons. The summed E-state index contributed by atoms with van der Waals surface area (Å²) >= 11 is 0. The number of rotatable bonds is 4. The number of aliphatic hydroxyl groups is 1. The molecule has 5 rings (SSSR count). The molecule has 9 heteroatoms. The maximum absolute atomic E-state index is 14.1. The van der Waals surface area contributed by atoms with Gasteiger partial charge in [-0.3, -0.25) is 9.31 Å². The predicted octanol–water partition coefficient (Wildman–Crippen LogP) is 5.36. The van der Waals surface area contributed by atoms with Crippen LogP contribution < -0.4 is 10.6 Å². The van der Waals surface area contributed by atoms with Gasteiger partial charge in [-0.15, -0.1) is 0 Å². The van der Waals surface area contributed by atoms with E-state index in [9.17, 15) is 8.60 Å². The Bertz CT molecular complexity index is 862. The fourth-order valence-corrected chi connectivity index (χ4v) is 5.42. The van der Waals surface area contributed by atoms with Crippen molar-refractivity contribution in [3.8, 4) is 0 Å². The molecule has 0 saturated heterocycles. The van der Waals surface area contributed by atoms with Gasteiger partial charge in [0.25, 0.3) is 0 Å². The van der Waals surface area contributed by atoms with Crippen molar-refractivity contribution in [1.29, 1.82) is 0 Å². The summed E-state index contributed by atoms with van der Waals surface area (Å²) in [5, 5.41) is 20.8. The van der Waals surface area contributed by atoms with E-state index in [1.165, 1.54) is 44.9 Å². The molecule has 2 aliphatic carbocycles. The standard InChI is InChI=1S/C11H10FN3OS.C7H12NO.C5H10.U/c12-11-8-6-17(16)5-7(8)1-2-9(11)14-10-3-4-13-15-10;1-6(9)8-7-4-2-3-5-7;1-2-4-5-3-1;/h1-4H,5-6H2,(H2,13,14,15);1,7-9H,2-5H2;1-5H2;/q;-1;;. The number of nitrogens with one attached hydrogen (secondary N) is 3. The fraction of sp³-hybridized carbons (Fsp3) is 0.522. The largest absolute Gasteiger partial charge is 0.529 e. The van der Waals surface area contributed by atoms with E-state index in [1.807, 2.05) is 6.07 Å². The van der Waals surface area contributed by atoms with Gasteiger partial charge in [0.2, 0.25) is 0 Å². The number of anilines is 2. The third kappa shape index (κ3) is 8.57. The van der Waals surface area contributed by atoms with Crippen molar-refractivity contribution in [2.75, 3.05) is 5.32 Å². The molecule has 1 aromatic heterocycles. The van der Waals surface area contributed by atoms with Gasteiger partial charge in [0.1, 0.15) is 5.82 Å². The number of nitrogens with zero attached hydrogens (tertiary/aromatic N) is 1. The Hall–Kier alpha value is -1.30. The summed E-state index contributed by atoms with van der Waals surface area (Å²) in [6.07, 6.45) is 13.9. The topological polar surface area (TPSA) is 90.0 Å². The first-order valence-electron chi connectivity index (χ1n) is 11.0. The SMILES string of the molecule is C1CCCC1.O=S1Cc2ccc(Nc3ccn[nH]3)c(F)c2C1.[CH-]=C(O)NC1CCCC1.[U]. The second-order valence-electron chi connectivity index (χ2n) is 8.17. The van der Waals surface area contributed by atoms with Crippen LogP contribution in [0.2, 0.25) is 0 Å². The van der Waals surface area contributed by atoms with Gasteiger partial charge in [-0.05, 0) is 30.4 Å². The van der Waals surface area contributed by atoms with Crippen LogP contribution in [0.1, 0.15) is 68.9 Å². The monoisotopic (exact) mass is 685 g/mol. The van der Waals surface area contributed by atoms with Gasteiger partial charge in [0.15, 0.2) is 5.82 Å². The molecule has 4 N–H and O–H groups in total. The third-order valence-electron chi connectivity index (χ3n) is 5.69. The first kappa shape index (κ1) is 27.0. The van der Waals surface area contributed by atoms with E-state index >= 15 is 0 Å². The fourth-order valence-electron chi connectivity index (χ4n) is 4.07. The smallest absolute Gasteiger partial charge is 0.151 e. The Labute approximate surface area is 216 Å². The second-order valence-corrected chi connectivity index (χ2v) is 9.62. The number of benzene rings is 1. The molecule has 32 heavy (non-hydrogen) atoms. The molecule has 1 aromatic carbocycles. The molecule has 2 fully saturated rings. The zero-order chi connectivity index (χ0) is 22.1. The number of aliphatic hydroxyl groups excluding tert-OH is 1. The van der Waals surface area contributed by atoms with Gasteiger partial charge in [-0.2, -0.15) is 5.10 Å². The first-order chi connectivity index (χ1) is 15.0. The van der Waals surface area contributed by atoms with Crippen LogP contribution in [-0.4, -0.2) is 25.6 Å². The molecular weight excluding hydrogens is 653 g/mol. The van der Waals surface area contributed by atoms with Crippen LogP contribution in [-0.2, 0) is 22.3 Å². The van der Waals surface area contributed by atoms with Gasteiger partial charge in [0, 0.05) is 65.3 Å². The van der Waals surface area contributed by atoms with Crippen LogP contribution in [0.3, 0.4) is 0 Å². The van der Waals surface area contributed by atoms with Gasteiger partial charge in [-0.1, -0.05) is 51.0 Å². The summed E-state index contributed by atoms with van der Waals surface area (Å²) in [6.45, 7) is 5.03. The Morgan fingerprint density at radius 1 is 1.09 bits per heavy atom. The molecule has 2 saturated carbocycles. The van der Waals surface area contributed by atoms with Crippen LogP contribution in [0.25, 0.3) is 0 Å². The third-order valence-corrected chi connectivity index (χ3v) is 6.93. The van der Waals surface area contributed by atoms with Crippen LogP contribution in [0, 0.1) is 43.5 Å². The van der Waals surface area contributed by atoms with Crippen LogP contribution in [0.15, 0.2) is 30.3 Å². The Morgan fingerprint density at radius 2 is 1.75 bits per heavy atom. The molecular formula is C23H32FN4O2SU-. The van der Waals surface area contributed by atoms with Crippen molar-refractivity contribution < 1.29 is 44.8 Å². The van der Waals surface area contributed by atoms with Gasteiger partial charge < -0.3 is 22.3 Å². The number of aromatic amines is 1. The summed E-state index contributed by atoms with van der Waals surface area (Å²) in [5.74, 6) is 0.934. The minimum Gasteiger partial charge on any atom is -0.529 e. The molecule has 0 bridgehead atoms. The van der Waals surface area contributed by atoms with Crippen molar-refractivity contribution in [2.45, 2.75) is 75.3 Å². The van der Waals surface area contributed by atoms with Crippen LogP contribution >= 0.6 is 0 Å². The molecule has 0 spiro atoms. The Balaban J connectivity index is 0.000000203. The normalized spacial score (nSPS) is 19.0. The summed E-state index contributed by atoms with van der Waals surface area (Å²) in [7, 11) is -0.964. The summed E-state index contributed by atoms with van der Waals surface area (Å²) < 4.78 is 25.5. The number of fused-ring (bicyclic) bond motifs is 1. The van der Waals surface area contributed by atoms with Gasteiger partial charge in [-0.25, -0.2) is 4.39 Å². The molecule has 1 unspecified atom stereocenters. The zero-order valence-corrected chi connectivity index (χ0v) is 23.3. The number of hydrogen-bond donors (Lipinski definition) is 4. The molecule has 1 atom stereocenters. The van der Waals surface area contributed by atoms with E-state index in [1.54, 1.807) is 18.3 Å². The van der Waals surface area contributed by atoms with Crippen LogP contribution in [0.4, 0.5) is 15.9 Å². The first-order valence-corrected chi connectivity index (χ1v) is 12.5. The molecule has 3 aliphatic rings. The van der Waals surface area contributed by atoms with E-state index in [-0.39, 0.29) is 42.8 Å². The second kappa shape index (κ2) is 14.1. The predicted molar refractivity (Wildman–Crippen MR) is 123 cm³/mol. The minimum atomic E-state index is -0.964. The van der Waals surface area contributed by atoms with Gasteiger partial charge >= 0.3 is 0 Å². The van der Waals surface area contributed by atoms with Crippen molar-refractivity contribution in [2.24, 2.45) is 0 Å².